The monoisotopic (exact) mass is 300 g/mol. The van der Waals surface area contributed by atoms with Crippen molar-refractivity contribution in [1.82, 2.24) is 0 Å². The lowest BCUT2D eigenvalue weighted by atomic mass is 10.0. The first-order valence-electron chi connectivity index (χ1n) is 6.91. The molecule has 1 aliphatic heterocycles. The van der Waals surface area contributed by atoms with Gasteiger partial charge < -0.3 is 10.6 Å². The lowest BCUT2D eigenvalue weighted by Crippen LogP contribution is -2.14. The molecule has 3 rings (SSSR count). The van der Waals surface area contributed by atoms with E-state index in [1.807, 2.05) is 18.2 Å². The predicted molar refractivity (Wildman–Crippen MR) is 85.5 cm³/mol. The summed E-state index contributed by atoms with van der Waals surface area (Å²) in [6, 6.07) is 7.55. The van der Waals surface area contributed by atoms with Crippen molar-refractivity contribution >= 4 is 34.4 Å². The SMILES string of the molecule is CC(=O)c1csc(C(=O)Nc2ccc3c(c2)CCCN3)c1. The highest BCUT2D eigenvalue weighted by molar-refractivity contribution is 7.12. The van der Waals surface area contributed by atoms with Crippen LogP contribution in [0, 0.1) is 0 Å². The number of carbonyl (C=O) groups excluding carboxylic acids is 2. The van der Waals surface area contributed by atoms with E-state index < -0.39 is 0 Å². The minimum Gasteiger partial charge on any atom is -0.385 e. The minimum absolute atomic E-state index is 0.0230. The average Bonchev–Trinajstić information content (AvgIpc) is 2.97. The Labute approximate surface area is 127 Å². The van der Waals surface area contributed by atoms with Crippen molar-refractivity contribution in [2.24, 2.45) is 0 Å². The van der Waals surface area contributed by atoms with Gasteiger partial charge in [0.05, 0.1) is 4.88 Å². The number of thiophene rings is 1. The van der Waals surface area contributed by atoms with Gasteiger partial charge in [-0.25, -0.2) is 0 Å². The van der Waals surface area contributed by atoms with Crippen LogP contribution in [0.1, 0.15) is 38.9 Å². The average molecular weight is 300 g/mol. The van der Waals surface area contributed by atoms with Crippen LogP contribution in [0.5, 0.6) is 0 Å². The maximum Gasteiger partial charge on any atom is 0.265 e. The molecule has 0 saturated heterocycles. The maximum atomic E-state index is 12.2. The van der Waals surface area contributed by atoms with Crippen LogP contribution < -0.4 is 10.6 Å². The molecule has 2 N–H and O–H groups in total. The van der Waals surface area contributed by atoms with E-state index in [-0.39, 0.29) is 11.7 Å². The van der Waals surface area contributed by atoms with Gasteiger partial charge in [-0.2, -0.15) is 0 Å². The Morgan fingerprint density at radius 1 is 1.29 bits per heavy atom. The number of anilines is 2. The second-order valence-electron chi connectivity index (χ2n) is 5.11. The summed E-state index contributed by atoms with van der Waals surface area (Å²) in [6.07, 6.45) is 2.14. The van der Waals surface area contributed by atoms with Gasteiger partial charge in [-0.3, -0.25) is 9.59 Å². The summed E-state index contributed by atoms with van der Waals surface area (Å²) in [7, 11) is 0. The fourth-order valence-corrected chi connectivity index (χ4v) is 3.23. The van der Waals surface area contributed by atoms with Crippen LogP contribution in [0.15, 0.2) is 29.6 Å². The molecule has 0 fully saturated rings. The van der Waals surface area contributed by atoms with Crippen molar-refractivity contribution in [3.8, 4) is 0 Å². The molecule has 2 aromatic rings. The van der Waals surface area contributed by atoms with E-state index in [2.05, 4.69) is 10.6 Å². The van der Waals surface area contributed by atoms with Crippen molar-refractivity contribution in [2.75, 3.05) is 17.2 Å². The van der Waals surface area contributed by atoms with Crippen molar-refractivity contribution in [2.45, 2.75) is 19.8 Å². The Kier molecular flexibility index (Phi) is 3.75. The molecular formula is C16H16N2O2S. The molecule has 2 heterocycles. The van der Waals surface area contributed by atoms with Gasteiger partial charge in [0.2, 0.25) is 0 Å². The number of aryl methyl sites for hydroxylation is 1. The summed E-state index contributed by atoms with van der Waals surface area (Å²) < 4.78 is 0. The third-order valence-electron chi connectivity index (χ3n) is 3.53. The van der Waals surface area contributed by atoms with Crippen LogP contribution in [0.2, 0.25) is 0 Å². The van der Waals surface area contributed by atoms with Gasteiger partial charge in [-0.15, -0.1) is 11.3 Å². The zero-order valence-electron chi connectivity index (χ0n) is 11.7. The normalized spacial score (nSPS) is 13.2. The molecule has 1 amide bonds. The number of fused-ring (bicyclic) bond motifs is 1. The second kappa shape index (κ2) is 5.69. The number of ketones is 1. The Hall–Kier alpha value is -2.14. The Bertz CT molecular complexity index is 706. The fourth-order valence-electron chi connectivity index (χ4n) is 2.39. The molecule has 0 aliphatic carbocycles. The number of hydrogen-bond donors (Lipinski definition) is 2. The summed E-state index contributed by atoms with van der Waals surface area (Å²) >= 11 is 1.29. The first kappa shape index (κ1) is 13.8. The number of Topliss-reactive ketones (excluding diaryl/α,β-unsaturated/α-hetero) is 1. The van der Waals surface area contributed by atoms with Gasteiger partial charge in [0.25, 0.3) is 5.91 Å². The number of nitrogens with one attached hydrogen (secondary N) is 2. The van der Waals surface area contributed by atoms with Crippen LogP contribution >= 0.6 is 11.3 Å². The molecule has 0 spiro atoms. The lowest BCUT2D eigenvalue weighted by Gasteiger charge is -2.18. The van der Waals surface area contributed by atoms with E-state index >= 15 is 0 Å². The largest absolute Gasteiger partial charge is 0.385 e. The van der Waals surface area contributed by atoms with E-state index in [9.17, 15) is 9.59 Å². The molecule has 21 heavy (non-hydrogen) atoms. The van der Waals surface area contributed by atoms with E-state index in [1.165, 1.54) is 23.8 Å². The molecule has 108 valence electrons. The van der Waals surface area contributed by atoms with Gasteiger partial charge in [0, 0.05) is 28.9 Å². The number of benzene rings is 1. The molecule has 5 heteroatoms. The zero-order valence-corrected chi connectivity index (χ0v) is 12.5. The third-order valence-corrected chi connectivity index (χ3v) is 4.46. The number of rotatable bonds is 3. The van der Waals surface area contributed by atoms with E-state index in [0.29, 0.717) is 10.4 Å². The molecule has 1 aromatic heterocycles. The van der Waals surface area contributed by atoms with Crippen LogP contribution in [-0.2, 0) is 6.42 Å². The smallest absolute Gasteiger partial charge is 0.265 e. The minimum atomic E-state index is -0.170. The quantitative estimate of drug-likeness (QED) is 0.852. The van der Waals surface area contributed by atoms with Crippen LogP contribution in [0.25, 0.3) is 0 Å². The molecule has 0 saturated carbocycles. The van der Waals surface area contributed by atoms with Crippen molar-refractivity contribution in [1.29, 1.82) is 0 Å². The fraction of sp³-hybridized carbons (Fsp3) is 0.250. The molecular weight excluding hydrogens is 284 g/mol. The zero-order chi connectivity index (χ0) is 14.8. The van der Waals surface area contributed by atoms with E-state index in [4.69, 9.17) is 0 Å². The van der Waals surface area contributed by atoms with Crippen molar-refractivity contribution in [3.05, 3.63) is 45.6 Å². The molecule has 0 bridgehead atoms. The van der Waals surface area contributed by atoms with Crippen LogP contribution in [0.3, 0.4) is 0 Å². The van der Waals surface area contributed by atoms with E-state index in [1.54, 1.807) is 11.4 Å². The van der Waals surface area contributed by atoms with Gasteiger partial charge >= 0.3 is 0 Å². The topological polar surface area (TPSA) is 58.2 Å². The van der Waals surface area contributed by atoms with Crippen molar-refractivity contribution in [3.63, 3.8) is 0 Å². The van der Waals surface area contributed by atoms with Gasteiger partial charge in [-0.1, -0.05) is 0 Å². The van der Waals surface area contributed by atoms with Gasteiger partial charge in [0.15, 0.2) is 5.78 Å². The Morgan fingerprint density at radius 3 is 2.90 bits per heavy atom. The summed E-state index contributed by atoms with van der Waals surface area (Å²) in [6.45, 7) is 2.50. The molecule has 1 aromatic carbocycles. The van der Waals surface area contributed by atoms with Crippen LogP contribution in [0.4, 0.5) is 11.4 Å². The third kappa shape index (κ3) is 2.97. The molecule has 0 atom stereocenters. The predicted octanol–water partition coefficient (Wildman–Crippen LogP) is 3.56. The molecule has 0 unspecified atom stereocenters. The number of hydrogen-bond acceptors (Lipinski definition) is 4. The number of carbonyl (C=O) groups is 2. The Morgan fingerprint density at radius 2 is 2.14 bits per heavy atom. The molecule has 4 nitrogen and oxygen atoms in total. The second-order valence-corrected chi connectivity index (χ2v) is 6.02. The summed E-state index contributed by atoms with van der Waals surface area (Å²) in [5.74, 6) is -0.193. The lowest BCUT2D eigenvalue weighted by molar-refractivity contribution is 0.101. The first-order valence-corrected chi connectivity index (χ1v) is 7.79. The summed E-state index contributed by atoms with van der Waals surface area (Å²) in [4.78, 5) is 24.0. The Balaban J connectivity index is 1.76. The number of amides is 1. The highest BCUT2D eigenvalue weighted by Crippen LogP contribution is 2.26. The summed E-state index contributed by atoms with van der Waals surface area (Å²) in [5.41, 5.74) is 3.75. The standard InChI is InChI=1S/C16H16N2O2S/c1-10(19)12-8-15(21-9-12)16(20)18-13-4-5-14-11(7-13)3-2-6-17-14/h4-5,7-9,17H,2-3,6H2,1H3,(H,18,20). The molecule has 0 radical (unpaired) electrons. The van der Waals surface area contributed by atoms with Crippen molar-refractivity contribution < 1.29 is 9.59 Å². The molecule has 1 aliphatic rings. The van der Waals surface area contributed by atoms with Gasteiger partial charge in [-0.05, 0) is 49.6 Å². The summed E-state index contributed by atoms with van der Waals surface area (Å²) in [5, 5.41) is 7.95. The highest BCUT2D eigenvalue weighted by atomic mass is 32.1. The first-order chi connectivity index (χ1) is 10.1. The highest BCUT2D eigenvalue weighted by Gasteiger charge is 2.13. The van der Waals surface area contributed by atoms with Gasteiger partial charge in [0.1, 0.15) is 0 Å². The van der Waals surface area contributed by atoms with E-state index in [0.717, 1.165) is 30.8 Å². The maximum absolute atomic E-state index is 12.2. The van der Waals surface area contributed by atoms with Crippen LogP contribution in [-0.4, -0.2) is 18.2 Å².